The van der Waals surface area contributed by atoms with E-state index in [1.165, 1.54) is 4.31 Å². The standard InChI is InChI=1S/C17H26N6O2S/c1-4-23-17(7-8-20-23)16-12-18-15(11-19-16)10-14-6-5-9-22(13-14)26(24,25)21(2)3/h7-8,11-12,14H,4-6,9-10,13H2,1-3H3/t14-/m0/s1. The molecule has 0 radical (unpaired) electrons. The van der Waals surface area contributed by atoms with E-state index in [4.69, 9.17) is 0 Å². The van der Waals surface area contributed by atoms with Crippen LogP contribution in [0.5, 0.6) is 0 Å². The molecule has 0 amide bonds. The van der Waals surface area contributed by atoms with E-state index < -0.39 is 10.2 Å². The summed E-state index contributed by atoms with van der Waals surface area (Å²) in [7, 11) is -0.201. The van der Waals surface area contributed by atoms with Crippen LogP contribution in [0.3, 0.4) is 0 Å². The normalized spacial score (nSPS) is 19.2. The molecular formula is C17H26N6O2S. The van der Waals surface area contributed by atoms with E-state index in [2.05, 4.69) is 15.1 Å². The van der Waals surface area contributed by atoms with E-state index in [9.17, 15) is 8.42 Å². The van der Waals surface area contributed by atoms with Gasteiger partial charge in [0.25, 0.3) is 10.2 Å². The van der Waals surface area contributed by atoms with Crippen LogP contribution < -0.4 is 0 Å². The smallest absolute Gasteiger partial charge is 0.264 e. The Bertz CT molecular complexity index is 831. The quantitative estimate of drug-likeness (QED) is 0.759. The molecule has 0 spiro atoms. The third-order valence-electron chi connectivity index (χ3n) is 4.75. The summed E-state index contributed by atoms with van der Waals surface area (Å²) >= 11 is 0. The fraction of sp³-hybridized carbons (Fsp3) is 0.588. The Kier molecular flexibility index (Phi) is 5.69. The van der Waals surface area contributed by atoms with Crippen molar-refractivity contribution in [1.29, 1.82) is 0 Å². The zero-order valence-electron chi connectivity index (χ0n) is 15.5. The molecule has 0 aromatic carbocycles. The highest BCUT2D eigenvalue weighted by Crippen LogP contribution is 2.23. The summed E-state index contributed by atoms with van der Waals surface area (Å²) < 4.78 is 29.4. The maximum atomic E-state index is 12.3. The molecule has 1 saturated heterocycles. The maximum Gasteiger partial charge on any atom is 0.281 e. The summed E-state index contributed by atoms with van der Waals surface area (Å²) in [6, 6.07) is 1.93. The minimum Gasteiger partial charge on any atom is -0.264 e. The maximum absolute atomic E-state index is 12.3. The molecule has 1 fully saturated rings. The van der Waals surface area contributed by atoms with Crippen molar-refractivity contribution in [2.45, 2.75) is 32.7 Å². The second kappa shape index (κ2) is 7.81. The predicted octanol–water partition coefficient (Wildman–Crippen LogP) is 1.42. The molecule has 1 atom stereocenters. The van der Waals surface area contributed by atoms with Crippen molar-refractivity contribution < 1.29 is 8.42 Å². The fourth-order valence-electron chi connectivity index (χ4n) is 3.32. The molecule has 8 nitrogen and oxygen atoms in total. The number of nitrogens with zero attached hydrogens (tertiary/aromatic N) is 6. The molecule has 0 unspecified atom stereocenters. The van der Waals surface area contributed by atoms with Gasteiger partial charge < -0.3 is 0 Å². The number of hydrogen-bond donors (Lipinski definition) is 0. The second-order valence-electron chi connectivity index (χ2n) is 6.79. The van der Waals surface area contributed by atoms with E-state index >= 15 is 0 Å². The first-order valence-corrected chi connectivity index (χ1v) is 10.3. The van der Waals surface area contributed by atoms with E-state index in [1.54, 1.807) is 37.0 Å². The summed E-state index contributed by atoms with van der Waals surface area (Å²) in [6.45, 7) is 3.94. The molecule has 26 heavy (non-hydrogen) atoms. The van der Waals surface area contributed by atoms with Crippen LogP contribution in [0.4, 0.5) is 0 Å². The van der Waals surface area contributed by atoms with E-state index in [1.807, 2.05) is 17.7 Å². The number of piperidine rings is 1. The SMILES string of the molecule is CCn1nccc1-c1cnc(C[C@@H]2CCCN(S(=O)(=O)N(C)C)C2)cn1. The Morgan fingerprint density at radius 2 is 2.08 bits per heavy atom. The molecular weight excluding hydrogens is 352 g/mol. The van der Waals surface area contributed by atoms with E-state index in [0.29, 0.717) is 13.1 Å². The Balaban J connectivity index is 1.67. The van der Waals surface area contributed by atoms with Gasteiger partial charge in [-0.2, -0.15) is 22.1 Å². The highest BCUT2D eigenvalue weighted by atomic mass is 32.2. The first-order valence-electron chi connectivity index (χ1n) is 8.92. The molecule has 0 aliphatic carbocycles. The Hall–Kier alpha value is -1.84. The van der Waals surface area contributed by atoms with Gasteiger partial charge in [0.05, 0.1) is 17.6 Å². The van der Waals surface area contributed by atoms with Crippen LogP contribution in [0.1, 0.15) is 25.5 Å². The largest absolute Gasteiger partial charge is 0.281 e. The lowest BCUT2D eigenvalue weighted by atomic mass is 9.95. The van der Waals surface area contributed by atoms with Crippen molar-refractivity contribution >= 4 is 10.2 Å². The minimum absolute atomic E-state index is 0.264. The summed E-state index contributed by atoms with van der Waals surface area (Å²) in [5.41, 5.74) is 2.64. The van der Waals surface area contributed by atoms with Gasteiger partial charge in [0.1, 0.15) is 5.69 Å². The van der Waals surface area contributed by atoms with Crippen molar-refractivity contribution in [3.05, 3.63) is 30.4 Å². The van der Waals surface area contributed by atoms with Gasteiger partial charge in [-0.05, 0) is 38.2 Å². The molecule has 1 aliphatic rings. The summed E-state index contributed by atoms with van der Waals surface area (Å²) in [5, 5.41) is 4.26. The molecule has 0 saturated carbocycles. The van der Waals surface area contributed by atoms with Crippen LogP contribution >= 0.6 is 0 Å². The molecule has 2 aromatic heterocycles. The van der Waals surface area contributed by atoms with Gasteiger partial charge in [0.15, 0.2) is 0 Å². The molecule has 0 bridgehead atoms. The van der Waals surface area contributed by atoms with Crippen molar-refractivity contribution in [2.24, 2.45) is 5.92 Å². The van der Waals surface area contributed by atoms with Crippen molar-refractivity contribution in [3.63, 3.8) is 0 Å². The summed E-state index contributed by atoms with van der Waals surface area (Å²) in [4.78, 5) is 9.07. The summed E-state index contributed by atoms with van der Waals surface area (Å²) in [6.07, 6.45) is 7.94. The molecule has 0 N–H and O–H groups in total. The minimum atomic E-state index is -3.35. The van der Waals surface area contributed by atoms with Crippen LogP contribution in [-0.4, -0.2) is 64.0 Å². The van der Waals surface area contributed by atoms with Gasteiger partial charge in [-0.3, -0.25) is 14.6 Å². The number of hydrogen-bond acceptors (Lipinski definition) is 5. The van der Waals surface area contributed by atoms with Crippen molar-refractivity contribution in [2.75, 3.05) is 27.2 Å². The van der Waals surface area contributed by atoms with E-state index in [-0.39, 0.29) is 5.92 Å². The van der Waals surface area contributed by atoms with Crippen LogP contribution in [0.15, 0.2) is 24.7 Å². The van der Waals surface area contributed by atoms with Gasteiger partial charge in [-0.1, -0.05) is 0 Å². The Morgan fingerprint density at radius 3 is 2.73 bits per heavy atom. The molecule has 1 aliphatic heterocycles. The van der Waals surface area contributed by atoms with Gasteiger partial charge in [0.2, 0.25) is 0 Å². The molecule has 9 heteroatoms. The highest BCUT2D eigenvalue weighted by Gasteiger charge is 2.30. The second-order valence-corrected chi connectivity index (χ2v) is 8.93. The lowest BCUT2D eigenvalue weighted by Gasteiger charge is -2.33. The van der Waals surface area contributed by atoms with Crippen LogP contribution in [0, 0.1) is 5.92 Å². The number of aromatic nitrogens is 4. The molecule has 3 rings (SSSR count). The van der Waals surface area contributed by atoms with Gasteiger partial charge in [-0.25, -0.2) is 0 Å². The number of aryl methyl sites for hydroxylation is 1. The number of rotatable bonds is 6. The van der Waals surface area contributed by atoms with Crippen molar-refractivity contribution in [1.82, 2.24) is 28.4 Å². The van der Waals surface area contributed by atoms with Crippen LogP contribution in [0.25, 0.3) is 11.4 Å². The van der Waals surface area contributed by atoms with Gasteiger partial charge in [-0.15, -0.1) is 0 Å². The monoisotopic (exact) mass is 378 g/mol. The molecule has 142 valence electrons. The first-order chi connectivity index (χ1) is 12.4. The van der Waals surface area contributed by atoms with E-state index in [0.717, 1.165) is 42.9 Å². The third kappa shape index (κ3) is 3.94. The predicted molar refractivity (Wildman–Crippen MR) is 99.5 cm³/mol. The summed E-state index contributed by atoms with van der Waals surface area (Å²) in [5.74, 6) is 0.264. The van der Waals surface area contributed by atoms with Gasteiger partial charge >= 0.3 is 0 Å². The fourth-order valence-corrected chi connectivity index (χ4v) is 4.55. The van der Waals surface area contributed by atoms with Crippen LogP contribution in [-0.2, 0) is 23.2 Å². The van der Waals surface area contributed by atoms with Gasteiger partial charge in [0, 0.05) is 46.1 Å². The molecule has 2 aromatic rings. The first kappa shape index (κ1) is 18.9. The lowest BCUT2D eigenvalue weighted by Crippen LogP contribution is -2.45. The molecule has 3 heterocycles. The topological polar surface area (TPSA) is 84.2 Å². The van der Waals surface area contributed by atoms with Crippen molar-refractivity contribution in [3.8, 4) is 11.4 Å². The third-order valence-corrected chi connectivity index (χ3v) is 6.66. The Labute approximate surface area is 155 Å². The average molecular weight is 379 g/mol. The zero-order valence-corrected chi connectivity index (χ0v) is 16.4. The lowest BCUT2D eigenvalue weighted by molar-refractivity contribution is 0.253. The highest BCUT2D eigenvalue weighted by molar-refractivity contribution is 7.86. The Morgan fingerprint density at radius 1 is 1.27 bits per heavy atom. The zero-order chi connectivity index (χ0) is 18.7. The average Bonchev–Trinajstić information content (AvgIpc) is 3.11. The van der Waals surface area contributed by atoms with Crippen LogP contribution in [0.2, 0.25) is 0 Å².